The third-order valence-electron chi connectivity index (χ3n) is 5.40. The van der Waals surface area contributed by atoms with Crippen LogP contribution in [0, 0.1) is 17.3 Å². The maximum atomic E-state index is 5.98. The minimum atomic E-state index is 0.0694. The molecule has 0 radical (unpaired) electrons. The number of rotatable bonds is 5. The molecule has 1 aliphatic heterocycles. The third-order valence-corrected chi connectivity index (χ3v) is 5.40. The Morgan fingerprint density at radius 3 is 2.16 bits per heavy atom. The standard InChI is InChI=1S/C17H32O2/c1-4-6-7-16-18-12-17(3,13-19-16)15-10-8-14(5-2)9-11-15/h14-16H,4-13H2,1-3H3. The van der Waals surface area contributed by atoms with Gasteiger partial charge in [0.1, 0.15) is 0 Å². The van der Waals surface area contributed by atoms with E-state index in [0.29, 0.717) is 0 Å². The Morgan fingerprint density at radius 1 is 1.00 bits per heavy atom. The van der Waals surface area contributed by atoms with Gasteiger partial charge in [0.25, 0.3) is 0 Å². The van der Waals surface area contributed by atoms with Crippen LogP contribution in [0.3, 0.4) is 0 Å². The highest BCUT2D eigenvalue weighted by Crippen LogP contribution is 2.43. The molecule has 2 aliphatic rings. The Bertz CT molecular complexity index is 248. The number of hydrogen-bond donors (Lipinski definition) is 0. The lowest BCUT2D eigenvalue weighted by Gasteiger charge is -2.45. The van der Waals surface area contributed by atoms with Crippen LogP contribution in [-0.2, 0) is 9.47 Å². The predicted octanol–water partition coefficient (Wildman–Crippen LogP) is 4.77. The Morgan fingerprint density at radius 2 is 1.63 bits per heavy atom. The predicted molar refractivity (Wildman–Crippen MR) is 79.1 cm³/mol. The molecule has 0 aromatic rings. The normalized spacial score (nSPS) is 40.3. The van der Waals surface area contributed by atoms with Gasteiger partial charge in [0.2, 0.25) is 0 Å². The lowest BCUT2D eigenvalue weighted by molar-refractivity contribution is -0.241. The van der Waals surface area contributed by atoms with Crippen molar-refractivity contribution in [2.75, 3.05) is 13.2 Å². The van der Waals surface area contributed by atoms with Crippen LogP contribution >= 0.6 is 0 Å². The molecule has 2 rings (SSSR count). The second kappa shape index (κ2) is 7.08. The van der Waals surface area contributed by atoms with Crippen LogP contribution in [0.25, 0.3) is 0 Å². The second-order valence-electron chi connectivity index (χ2n) is 6.97. The van der Waals surface area contributed by atoms with Gasteiger partial charge < -0.3 is 9.47 Å². The van der Waals surface area contributed by atoms with Gasteiger partial charge in [0.05, 0.1) is 13.2 Å². The maximum Gasteiger partial charge on any atom is 0.157 e. The summed E-state index contributed by atoms with van der Waals surface area (Å²) in [5, 5.41) is 0. The summed E-state index contributed by atoms with van der Waals surface area (Å²) in [5.41, 5.74) is 0.265. The van der Waals surface area contributed by atoms with E-state index in [1.54, 1.807) is 0 Å². The van der Waals surface area contributed by atoms with Gasteiger partial charge in [-0.25, -0.2) is 0 Å². The Hall–Kier alpha value is -0.0800. The fourth-order valence-corrected chi connectivity index (χ4v) is 3.70. The van der Waals surface area contributed by atoms with E-state index in [-0.39, 0.29) is 11.7 Å². The summed E-state index contributed by atoms with van der Waals surface area (Å²) < 4.78 is 12.0. The highest BCUT2D eigenvalue weighted by molar-refractivity contribution is 4.88. The molecule has 0 bridgehead atoms. The zero-order valence-corrected chi connectivity index (χ0v) is 13.1. The van der Waals surface area contributed by atoms with Crippen LogP contribution < -0.4 is 0 Å². The van der Waals surface area contributed by atoms with Gasteiger partial charge in [0, 0.05) is 5.41 Å². The van der Waals surface area contributed by atoms with Crippen LogP contribution in [0.5, 0.6) is 0 Å². The lowest BCUT2D eigenvalue weighted by Crippen LogP contribution is -2.45. The number of unbranched alkanes of at least 4 members (excludes halogenated alkanes) is 1. The maximum absolute atomic E-state index is 5.98. The molecule has 0 unspecified atom stereocenters. The van der Waals surface area contributed by atoms with Crippen LogP contribution in [0.2, 0.25) is 0 Å². The van der Waals surface area contributed by atoms with Crippen molar-refractivity contribution < 1.29 is 9.47 Å². The first kappa shape index (κ1) is 15.3. The van der Waals surface area contributed by atoms with Gasteiger partial charge >= 0.3 is 0 Å². The summed E-state index contributed by atoms with van der Waals surface area (Å²) in [4.78, 5) is 0. The second-order valence-corrected chi connectivity index (χ2v) is 6.97. The van der Waals surface area contributed by atoms with Crippen LogP contribution in [-0.4, -0.2) is 19.5 Å². The average molecular weight is 268 g/mol. The summed E-state index contributed by atoms with van der Waals surface area (Å²) in [6, 6.07) is 0. The van der Waals surface area contributed by atoms with E-state index < -0.39 is 0 Å². The monoisotopic (exact) mass is 268 g/mol. The molecule has 2 heteroatoms. The smallest absolute Gasteiger partial charge is 0.157 e. The topological polar surface area (TPSA) is 18.5 Å². The Kier molecular flexibility index (Phi) is 5.70. The summed E-state index contributed by atoms with van der Waals surface area (Å²) in [7, 11) is 0. The third kappa shape index (κ3) is 3.95. The van der Waals surface area contributed by atoms with Crippen molar-refractivity contribution in [1.29, 1.82) is 0 Å². The zero-order valence-electron chi connectivity index (χ0n) is 13.1. The van der Waals surface area contributed by atoms with Crippen molar-refractivity contribution in [1.82, 2.24) is 0 Å². The molecule has 19 heavy (non-hydrogen) atoms. The van der Waals surface area contributed by atoms with E-state index in [2.05, 4.69) is 20.8 Å². The van der Waals surface area contributed by atoms with E-state index >= 15 is 0 Å². The van der Waals surface area contributed by atoms with Crippen LogP contribution in [0.4, 0.5) is 0 Å². The molecule has 0 aromatic carbocycles. The van der Waals surface area contributed by atoms with Crippen molar-refractivity contribution in [3.05, 3.63) is 0 Å². The van der Waals surface area contributed by atoms with Gasteiger partial charge in [-0.1, -0.05) is 46.5 Å². The first-order chi connectivity index (χ1) is 9.18. The molecule has 0 spiro atoms. The summed E-state index contributed by atoms with van der Waals surface area (Å²) in [6.07, 6.45) is 10.5. The average Bonchev–Trinajstić information content (AvgIpc) is 2.47. The Balaban J connectivity index is 1.78. The highest BCUT2D eigenvalue weighted by atomic mass is 16.7. The molecular weight excluding hydrogens is 236 g/mol. The van der Waals surface area contributed by atoms with Crippen LogP contribution in [0.1, 0.15) is 72.1 Å². The molecular formula is C17H32O2. The molecule has 1 saturated heterocycles. The molecule has 0 amide bonds. The van der Waals surface area contributed by atoms with Gasteiger partial charge in [-0.3, -0.25) is 0 Å². The minimum Gasteiger partial charge on any atom is -0.352 e. The molecule has 0 aromatic heterocycles. The van der Waals surface area contributed by atoms with E-state index in [0.717, 1.165) is 31.5 Å². The van der Waals surface area contributed by atoms with Crippen LogP contribution in [0.15, 0.2) is 0 Å². The lowest BCUT2D eigenvalue weighted by atomic mass is 9.68. The summed E-state index contributed by atoms with van der Waals surface area (Å²) >= 11 is 0. The van der Waals surface area contributed by atoms with Crippen molar-refractivity contribution in [3.63, 3.8) is 0 Å². The molecule has 1 aliphatic carbocycles. The minimum absolute atomic E-state index is 0.0694. The summed E-state index contributed by atoms with van der Waals surface area (Å²) in [5.74, 6) is 1.78. The number of hydrogen-bond acceptors (Lipinski definition) is 2. The quantitative estimate of drug-likeness (QED) is 0.715. The first-order valence-electron chi connectivity index (χ1n) is 8.41. The molecule has 1 saturated carbocycles. The van der Waals surface area contributed by atoms with Crippen molar-refractivity contribution in [3.8, 4) is 0 Å². The molecule has 2 nitrogen and oxygen atoms in total. The van der Waals surface area contributed by atoms with Crippen molar-refractivity contribution in [2.24, 2.45) is 17.3 Å². The Labute approximate surface area is 119 Å². The molecule has 1 heterocycles. The zero-order chi connectivity index (χ0) is 13.7. The van der Waals surface area contributed by atoms with Gasteiger partial charge in [-0.05, 0) is 37.5 Å². The summed E-state index contributed by atoms with van der Waals surface area (Å²) in [6.45, 7) is 8.74. The fourth-order valence-electron chi connectivity index (χ4n) is 3.70. The number of ether oxygens (including phenoxy) is 2. The molecule has 2 fully saturated rings. The largest absolute Gasteiger partial charge is 0.352 e. The van der Waals surface area contributed by atoms with E-state index in [1.807, 2.05) is 0 Å². The van der Waals surface area contributed by atoms with Gasteiger partial charge in [0.15, 0.2) is 6.29 Å². The molecule has 0 N–H and O–H groups in total. The van der Waals surface area contributed by atoms with E-state index in [4.69, 9.17) is 9.47 Å². The fraction of sp³-hybridized carbons (Fsp3) is 1.00. The SMILES string of the molecule is CCCCC1OCC(C)(C2CCC(CC)CC2)CO1. The molecule has 0 atom stereocenters. The van der Waals surface area contributed by atoms with E-state index in [9.17, 15) is 0 Å². The highest BCUT2D eigenvalue weighted by Gasteiger charge is 2.40. The molecule has 112 valence electrons. The van der Waals surface area contributed by atoms with Crippen molar-refractivity contribution >= 4 is 0 Å². The van der Waals surface area contributed by atoms with Crippen molar-refractivity contribution in [2.45, 2.75) is 78.4 Å². The van der Waals surface area contributed by atoms with E-state index in [1.165, 1.54) is 44.9 Å². The van der Waals surface area contributed by atoms with Gasteiger partial charge in [-0.2, -0.15) is 0 Å². The first-order valence-corrected chi connectivity index (χ1v) is 8.41. The van der Waals surface area contributed by atoms with Gasteiger partial charge in [-0.15, -0.1) is 0 Å².